The van der Waals surface area contributed by atoms with Gasteiger partial charge in [0, 0.05) is 0 Å². The van der Waals surface area contributed by atoms with Crippen molar-refractivity contribution in [2.45, 2.75) is 13.5 Å². The molecule has 0 aliphatic carbocycles. The van der Waals surface area contributed by atoms with Crippen LogP contribution in [0.25, 0.3) is 0 Å². The van der Waals surface area contributed by atoms with Gasteiger partial charge in [-0.05, 0) is 6.92 Å². The van der Waals surface area contributed by atoms with Crippen molar-refractivity contribution >= 4 is 0 Å². The maximum absolute atomic E-state index is 8.35. The van der Waals surface area contributed by atoms with Crippen LogP contribution in [0.3, 0.4) is 0 Å². The maximum Gasteiger partial charge on any atom is 0.296 e. The molecule has 0 aromatic carbocycles. The molecule has 1 rings (SSSR count). The molecule has 0 aliphatic heterocycles. The summed E-state index contributed by atoms with van der Waals surface area (Å²) in [6.45, 7) is 2.94. The largest absolute Gasteiger partial charge is 0.296 e. The van der Waals surface area contributed by atoms with Gasteiger partial charge in [0.2, 0.25) is 0 Å². The van der Waals surface area contributed by atoms with Gasteiger partial charge < -0.3 is 0 Å². The van der Waals surface area contributed by atoms with E-state index in [0.29, 0.717) is 0 Å². The van der Waals surface area contributed by atoms with Crippen LogP contribution in [-0.2, 0) is 6.54 Å². The summed E-state index contributed by atoms with van der Waals surface area (Å²) in [5, 5.41) is 8.35. The molecule has 1 aromatic heterocycles. The highest BCUT2D eigenvalue weighted by molar-refractivity contribution is 4.80. The molecule has 0 radical (unpaired) electrons. The molecule has 0 atom stereocenters. The molecule has 0 saturated heterocycles. The van der Waals surface area contributed by atoms with Crippen molar-refractivity contribution in [3.63, 3.8) is 0 Å². The fraction of sp³-hybridized carbons (Fsp3) is 0.333. The van der Waals surface area contributed by atoms with E-state index in [0.717, 1.165) is 6.54 Å². The van der Waals surface area contributed by atoms with E-state index >= 15 is 0 Å². The smallest absolute Gasteiger partial charge is 0.236 e. The molecule has 0 fully saturated rings. The zero-order valence-corrected chi connectivity index (χ0v) is 5.28. The Morgan fingerprint density at radius 1 is 1.78 bits per heavy atom. The molecule has 3 nitrogen and oxygen atoms in total. The summed E-state index contributed by atoms with van der Waals surface area (Å²) in [7, 11) is 0. The highest BCUT2D eigenvalue weighted by atomic mass is 15.1. The normalized spacial score (nSPS) is 8.89. The lowest BCUT2D eigenvalue weighted by Gasteiger charge is -1.80. The molecule has 0 spiro atoms. The Hall–Kier alpha value is -1.30. The topological polar surface area (TPSA) is 32.6 Å². The Morgan fingerprint density at radius 3 is 2.89 bits per heavy atom. The second-order valence-electron chi connectivity index (χ2n) is 1.75. The van der Waals surface area contributed by atoms with Crippen LogP contribution in [-0.4, -0.2) is 4.57 Å². The van der Waals surface area contributed by atoms with E-state index in [-0.39, 0.29) is 0 Å². The average molecular weight is 122 g/mol. The maximum atomic E-state index is 8.35. The molecule has 9 heavy (non-hydrogen) atoms. The summed E-state index contributed by atoms with van der Waals surface area (Å²) in [4.78, 5) is 0. The van der Waals surface area contributed by atoms with Gasteiger partial charge in [0.15, 0.2) is 0 Å². The minimum absolute atomic E-state index is 0.911. The van der Waals surface area contributed by atoms with Crippen LogP contribution in [0.1, 0.15) is 6.92 Å². The minimum atomic E-state index is 0.911. The lowest BCUT2D eigenvalue weighted by atomic mass is 10.7. The monoisotopic (exact) mass is 122 g/mol. The summed E-state index contributed by atoms with van der Waals surface area (Å²) in [6.07, 6.45) is 7.32. The van der Waals surface area contributed by atoms with Crippen molar-refractivity contribution in [1.82, 2.24) is 4.57 Å². The van der Waals surface area contributed by atoms with Gasteiger partial charge in [-0.25, -0.2) is 4.57 Å². The van der Waals surface area contributed by atoms with Crippen LogP contribution in [0.5, 0.6) is 0 Å². The van der Waals surface area contributed by atoms with Crippen LogP contribution in [0.4, 0.5) is 0 Å². The molecule has 1 heterocycles. The third-order valence-corrected chi connectivity index (χ3v) is 1.17. The fourth-order valence-electron chi connectivity index (χ4n) is 0.640. The van der Waals surface area contributed by atoms with Crippen molar-refractivity contribution in [3.05, 3.63) is 18.7 Å². The lowest BCUT2D eigenvalue weighted by molar-refractivity contribution is -0.692. The van der Waals surface area contributed by atoms with Gasteiger partial charge in [-0.2, -0.15) is 0 Å². The van der Waals surface area contributed by atoms with E-state index < -0.39 is 0 Å². The second-order valence-corrected chi connectivity index (χ2v) is 1.75. The number of aryl methyl sites for hydroxylation is 1. The zero-order chi connectivity index (χ0) is 6.69. The van der Waals surface area contributed by atoms with Crippen LogP contribution >= 0.6 is 0 Å². The predicted molar refractivity (Wildman–Crippen MR) is 31.3 cm³/mol. The highest BCUT2D eigenvalue weighted by Crippen LogP contribution is 1.76. The lowest BCUT2D eigenvalue weighted by Crippen LogP contribution is -2.28. The first-order valence-electron chi connectivity index (χ1n) is 2.84. The number of rotatable bonds is 1. The molecule has 0 amide bonds. The van der Waals surface area contributed by atoms with Gasteiger partial charge in [0.1, 0.15) is 12.4 Å². The summed E-state index contributed by atoms with van der Waals surface area (Å²) in [5.74, 6) is 0. The van der Waals surface area contributed by atoms with Crippen molar-refractivity contribution in [2.24, 2.45) is 0 Å². The van der Waals surface area contributed by atoms with Crippen LogP contribution < -0.4 is 4.57 Å². The SMILES string of the molecule is CC[n+]1ccn(C#N)c1. The summed E-state index contributed by atoms with van der Waals surface area (Å²) in [6, 6.07) is 0. The number of aromatic nitrogens is 2. The van der Waals surface area contributed by atoms with Gasteiger partial charge in [0.25, 0.3) is 12.5 Å². The Kier molecular flexibility index (Phi) is 1.50. The van der Waals surface area contributed by atoms with E-state index in [1.165, 1.54) is 4.57 Å². The number of nitrogens with zero attached hydrogens (tertiary/aromatic N) is 3. The third kappa shape index (κ3) is 1.08. The third-order valence-electron chi connectivity index (χ3n) is 1.17. The Labute approximate surface area is 53.8 Å². The first kappa shape index (κ1) is 5.83. The predicted octanol–water partition coefficient (Wildman–Crippen LogP) is 0.125. The van der Waals surface area contributed by atoms with Crippen LogP contribution in [0.15, 0.2) is 18.7 Å². The summed E-state index contributed by atoms with van der Waals surface area (Å²) >= 11 is 0. The summed E-state index contributed by atoms with van der Waals surface area (Å²) in [5.41, 5.74) is 0. The standard InChI is InChI=1S/C6H8N3/c1-2-8-3-4-9(5-7)6-8/h3-4,6H,2H2,1H3/q+1. The highest BCUT2D eigenvalue weighted by Gasteiger charge is 1.96. The van der Waals surface area contributed by atoms with Crippen molar-refractivity contribution in [3.8, 4) is 6.19 Å². The van der Waals surface area contributed by atoms with E-state index in [2.05, 4.69) is 0 Å². The van der Waals surface area contributed by atoms with Crippen molar-refractivity contribution in [1.29, 1.82) is 5.26 Å². The first-order chi connectivity index (χ1) is 4.36. The Morgan fingerprint density at radius 2 is 2.56 bits per heavy atom. The van der Waals surface area contributed by atoms with Crippen LogP contribution in [0, 0.1) is 11.5 Å². The molecule has 0 saturated carbocycles. The molecular formula is C6H8N3+. The molecular weight excluding hydrogens is 114 g/mol. The fourth-order valence-corrected chi connectivity index (χ4v) is 0.640. The molecule has 0 aliphatic rings. The van der Waals surface area contributed by atoms with E-state index in [1.807, 2.05) is 23.9 Å². The average Bonchev–Trinajstić information content (AvgIpc) is 2.34. The second kappa shape index (κ2) is 2.31. The molecule has 3 heteroatoms. The van der Waals surface area contributed by atoms with Crippen molar-refractivity contribution in [2.75, 3.05) is 0 Å². The van der Waals surface area contributed by atoms with Gasteiger partial charge in [-0.1, -0.05) is 0 Å². The van der Waals surface area contributed by atoms with E-state index in [9.17, 15) is 0 Å². The van der Waals surface area contributed by atoms with Gasteiger partial charge >= 0.3 is 0 Å². The number of hydrogen-bond acceptors (Lipinski definition) is 1. The zero-order valence-electron chi connectivity index (χ0n) is 5.28. The van der Waals surface area contributed by atoms with E-state index in [1.54, 1.807) is 12.5 Å². The van der Waals surface area contributed by atoms with Crippen molar-refractivity contribution < 1.29 is 4.57 Å². The molecule has 46 valence electrons. The number of imidazole rings is 1. The van der Waals surface area contributed by atoms with E-state index in [4.69, 9.17) is 5.26 Å². The van der Waals surface area contributed by atoms with Gasteiger partial charge in [-0.15, -0.1) is 9.83 Å². The number of hydrogen-bond donors (Lipinski definition) is 0. The first-order valence-corrected chi connectivity index (χ1v) is 2.84. The van der Waals surface area contributed by atoms with Gasteiger partial charge in [0.05, 0.1) is 6.54 Å². The van der Waals surface area contributed by atoms with Crippen LogP contribution in [0.2, 0.25) is 0 Å². The molecule has 0 unspecified atom stereocenters. The molecule has 1 aromatic rings. The Balaban J connectivity index is 2.90. The summed E-state index contributed by atoms with van der Waals surface area (Å²) < 4.78 is 3.40. The molecule has 0 N–H and O–H groups in total. The number of nitriles is 1. The molecule has 0 bridgehead atoms. The quantitative estimate of drug-likeness (QED) is 0.487. The van der Waals surface area contributed by atoms with Gasteiger partial charge in [-0.3, -0.25) is 0 Å². The Bertz CT molecular complexity index is 231. The minimum Gasteiger partial charge on any atom is -0.236 e.